The van der Waals surface area contributed by atoms with Crippen LogP contribution in [0, 0.1) is 0 Å². The molecule has 0 aliphatic carbocycles. The van der Waals surface area contributed by atoms with Gasteiger partial charge in [0.1, 0.15) is 0 Å². The van der Waals surface area contributed by atoms with Crippen molar-refractivity contribution in [1.29, 1.82) is 0 Å². The summed E-state index contributed by atoms with van der Waals surface area (Å²) in [4.78, 5) is 3.29. The van der Waals surface area contributed by atoms with Crippen molar-refractivity contribution >= 4 is 11.8 Å². The van der Waals surface area contributed by atoms with E-state index in [4.69, 9.17) is 11.8 Å². The van der Waals surface area contributed by atoms with Gasteiger partial charge in [0.05, 0.1) is 5.56 Å². The molecule has 0 spiro atoms. The zero-order chi connectivity index (χ0) is 9.90. The van der Waals surface area contributed by atoms with E-state index in [-0.39, 0.29) is 6.54 Å². The zero-order valence-corrected chi connectivity index (χ0v) is 7.23. The highest BCUT2D eigenvalue weighted by atomic mass is 35.5. The maximum atomic E-state index is 12.1. The molecule has 0 radical (unpaired) electrons. The van der Waals surface area contributed by atoms with Gasteiger partial charge in [-0.15, -0.1) is 6.54 Å². The van der Waals surface area contributed by atoms with Gasteiger partial charge in [-0.05, 0) is 12.1 Å². The topological polar surface area (TPSA) is 14.1 Å². The third kappa shape index (κ3) is 2.90. The van der Waals surface area contributed by atoms with Crippen LogP contribution in [-0.4, -0.2) is 0 Å². The molecule has 0 aliphatic heterocycles. The molecule has 0 atom stereocenters. The van der Waals surface area contributed by atoms with E-state index in [1.165, 1.54) is 12.1 Å². The molecule has 0 saturated carbocycles. The van der Waals surface area contributed by atoms with Crippen LogP contribution in [-0.2, 0) is 12.7 Å². The van der Waals surface area contributed by atoms with Gasteiger partial charge in [0, 0.05) is 0 Å². The number of benzene rings is 1. The van der Waals surface area contributed by atoms with E-state index in [2.05, 4.69) is 4.84 Å². The Balaban J connectivity index is 2.81. The van der Waals surface area contributed by atoms with Crippen LogP contribution in [0.5, 0.6) is 0 Å². The van der Waals surface area contributed by atoms with Gasteiger partial charge in [0.25, 0.3) is 0 Å². The summed E-state index contributed by atoms with van der Waals surface area (Å²) in [5.41, 5.74) is -0.00572. The number of rotatable bonds is 2. The Kier molecular flexibility index (Phi) is 3.17. The summed E-state index contributed by atoms with van der Waals surface area (Å²) in [5, 5.41) is 0. The van der Waals surface area contributed by atoms with Crippen molar-refractivity contribution < 1.29 is 13.2 Å². The summed E-state index contributed by atoms with van der Waals surface area (Å²) in [5.74, 6) is 0. The van der Waals surface area contributed by atoms with Crippen LogP contribution < -0.4 is 0 Å². The largest absolute Gasteiger partial charge is 0.572 e. The van der Waals surface area contributed by atoms with Crippen molar-refractivity contribution in [2.75, 3.05) is 0 Å². The second-order valence-electron chi connectivity index (χ2n) is 2.47. The van der Waals surface area contributed by atoms with Crippen LogP contribution >= 0.6 is 11.8 Å². The fourth-order valence-corrected chi connectivity index (χ4v) is 1.01. The number of hydrogen-bond donors (Lipinski definition) is 0. The SMILES string of the molecule is FC(F)(F)c1ccc(C[N-]Cl)cc1. The number of nitrogens with zero attached hydrogens (tertiary/aromatic N) is 1. The van der Waals surface area contributed by atoms with Crippen molar-refractivity contribution in [3.8, 4) is 0 Å². The first-order valence-electron chi connectivity index (χ1n) is 3.48. The molecular weight excluding hydrogens is 203 g/mol. The molecule has 72 valence electrons. The summed E-state index contributed by atoms with van der Waals surface area (Å²) in [6.45, 7) is 0.222. The molecule has 0 aliphatic rings. The molecule has 0 N–H and O–H groups in total. The van der Waals surface area contributed by atoms with Gasteiger partial charge in [0.15, 0.2) is 0 Å². The van der Waals surface area contributed by atoms with E-state index in [0.717, 1.165) is 12.1 Å². The molecule has 0 heterocycles. The lowest BCUT2D eigenvalue weighted by atomic mass is 10.1. The van der Waals surface area contributed by atoms with Crippen molar-refractivity contribution in [3.63, 3.8) is 0 Å². The lowest BCUT2D eigenvalue weighted by molar-refractivity contribution is -0.137. The molecule has 0 aromatic heterocycles. The minimum atomic E-state index is -4.28. The van der Waals surface area contributed by atoms with Gasteiger partial charge in [-0.25, -0.2) is 0 Å². The fourth-order valence-electron chi connectivity index (χ4n) is 0.868. The van der Waals surface area contributed by atoms with Gasteiger partial charge in [0.2, 0.25) is 0 Å². The van der Waals surface area contributed by atoms with Crippen molar-refractivity contribution in [1.82, 2.24) is 0 Å². The second kappa shape index (κ2) is 3.98. The highest BCUT2D eigenvalue weighted by Gasteiger charge is 2.29. The first-order chi connectivity index (χ1) is 6.04. The van der Waals surface area contributed by atoms with Gasteiger partial charge in [-0.1, -0.05) is 17.7 Å². The predicted molar refractivity (Wildman–Crippen MR) is 44.4 cm³/mol. The average molecular weight is 209 g/mol. The van der Waals surface area contributed by atoms with Crippen LogP contribution in [0.25, 0.3) is 4.84 Å². The zero-order valence-electron chi connectivity index (χ0n) is 6.48. The fraction of sp³-hybridized carbons (Fsp3) is 0.250. The van der Waals surface area contributed by atoms with Gasteiger partial charge in [-0.3, -0.25) is 11.8 Å². The minimum absolute atomic E-state index is 0.222. The normalized spacial score (nSPS) is 11.7. The summed E-state index contributed by atoms with van der Waals surface area (Å²) in [7, 11) is 0. The molecule has 5 heteroatoms. The van der Waals surface area contributed by atoms with E-state index < -0.39 is 11.7 Å². The molecule has 0 amide bonds. The van der Waals surface area contributed by atoms with Crippen molar-refractivity contribution in [2.45, 2.75) is 12.7 Å². The molecule has 13 heavy (non-hydrogen) atoms. The van der Waals surface area contributed by atoms with Crippen LogP contribution in [0.4, 0.5) is 13.2 Å². The van der Waals surface area contributed by atoms with E-state index in [1.54, 1.807) is 0 Å². The Morgan fingerprint density at radius 1 is 1.15 bits per heavy atom. The molecule has 1 nitrogen and oxygen atoms in total. The number of hydrogen-bond acceptors (Lipinski definition) is 0. The van der Waals surface area contributed by atoms with E-state index >= 15 is 0 Å². The van der Waals surface area contributed by atoms with Gasteiger partial charge < -0.3 is 4.84 Å². The average Bonchev–Trinajstić information content (AvgIpc) is 2.04. The standard InChI is InChI=1S/C8H6ClF3N/c9-13-5-6-1-3-7(4-2-6)8(10,11)12/h1-4H,5H2/q-1. The Hall–Kier alpha value is -0.740. The minimum Gasteiger partial charge on any atom is -0.572 e. The summed E-state index contributed by atoms with van der Waals surface area (Å²) >= 11 is 5.07. The summed E-state index contributed by atoms with van der Waals surface area (Å²) in [6, 6.07) is 4.73. The Morgan fingerprint density at radius 3 is 2.08 bits per heavy atom. The highest BCUT2D eigenvalue weighted by Crippen LogP contribution is 2.29. The maximum absolute atomic E-state index is 12.1. The van der Waals surface area contributed by atoms with Crippen LogP contribution in [0.2, 0.25) is 0 Å². The number of halogens is 4. The second-order valence-corrected chi connectivity index (χ2v) is 2.71. The summed E-state index contributed by atoms with van der Waals surface area (Å²) in [6.07, 6.45) is -4.28. The third-order valence-corrected chi connectivity index (χ3v) is 1.64. The van der Waals surface area contributed by atoms with Crippen LogP contribution in [0.1, 0.15) is 11.1 Å². The molecule has 0 bridgehead atoms. The molecule has 1 aromatic rings. The smallest absolute Gasteiger partial charge is 0.416 e. The first kappa shape index (κ1) is 10.3. The summed E-state index contributed by atoms with van der Waals surface area (Å²) < 4.78 is 36.2. The Labute approximate surface area is 78.6 Å². The lowest BCUT2D eigenvalue weighted by Crippen LogP contribution is -2.04. The quantitative estimate of drug-likeness (QED) is 0.703. The molecule has 1 rings (SSSR count). The van der Waals surface area contributed by atoms with Crippen molar-refractivity contribution in [2.24, 2.45) is 0 Å². The molecule has 0 unspecified atom stereocenters. The van der Waals surface area contributed by atoms with E-state index in [0.29, 0.717) is 5.56 Å². The molecular formula is C8H6ClF3N-. The van der Waals surface area contributed by atoms with Gasteiger partial charge in [-0.2, -0.15) is 13.2 Å². The molecule has 1 aromatic carbocycles. The predicted octanol–water partition coefficient (Wildman–Crippen LogP) is 3.73. The molecule has 0 saturated heterocycles. The maximum Gasteiger partial charge on any atom is 0.416 e. The highest BCUT2D eigenvalue weighted by molar-refractivity contribution is 6.24. The number of alkyl halides is 3. The Bertz CT molecular complexity index is 268. The first-order valence-corrected chi connectivity index (χ1v) is 3.82. The monoisotopic (exact) mass is 208 g/mol. The van der Waals surface area contributed by atoms with Crippen LogP contribution in [0.15, 0.2) is 24.3 Å². The van der Waals surface area contributed by atoms with E-state index in [1.807, 2.05) is 0 Å². The third-order valence-electron chi connectivity index (χ3n) is 1.52. The van der Waals surface area contributed by atoms with E-state index in [9.17, 15) is 13.2 Å². The lowest BCUT2D eigenvalue weighted by Gasteiger charge is -2.11. The van der Waals surface area contributed by atoms with Crippen LogP contribution in [0.3, 0.4) is 0 Å². The Morgan fingerprint density at radius 2 is 1.69 bits per heavy atom. The van der Waals surface area contributed by atoms with Crippen molar-refractivity contribution in [3.05, 3.63) is 40.2 Å². The van der Waals surface area contributed by atoms with Gasteiger partial charge >= 0.3 is 6.18 Å². The molecule has 0 fully saturated rings.